The summed E-state index contributed by atoms with van der Waals surface area (Å²) >= 11 is 0. The molecule has 0 atom stereocenters. The van der Waals surface area contributed by atoms with Gasteiger partial charge in [0.15, 0.2) is 11.5 Å². The molecule has 1 heterocycles. The van der Waals surface area contributed by atoms with Crippen LogP contribution >= 0.6 is 0 Å². The maximum absolute atomic E-state index is 12.3. The standard InChI is InChI=1S/C22H25NO4/c1-14-9-15(2)22-17(13-27-20(22)10-14)12-21(24)23-8-7-16-5-6-18(25-3)19(11-16)26-4/h5-6,9-11,13H,7-8,12H2,1-4H3,(H,23,24). The zero-order valence-corrected chi connectivity index (χ0v) is 16.2. The molecule has 0 aliphatic carbocycles. The molecule has 27 heavy (non-hydrogen) atoms. The largest absolute Gasteiger partial charge is 0.493 e. The summed E-state index contributed by atoms with van der Waals surface area (Å²) < 4.78 is 16.2. The van der Waals surface area contributed by atoms with E-state index in [9.17, 15) is 4.79 Å². The second-order valence-corrected chi connectivity index (χ2v) is 6.68. The second-order valence-electron chi connectivity index (χ2n) is 6.68. The van der Waals surface area contributed by atoms with E-state index in [2.05, 4.69) is 11.4 Å². The number of methoxy groups -OCH3 is 2. The van der Waals surface area contributed by atoms with Crippen molar-refractivity contribution in [2.24, 2.45) is 0 Å². The van der Waals surface area contributed by atoms with Crippen molar-refractivity contribution in [1.82, 2.24) is 5.32 Å². The van der Waals surface area contributed by atoms with Crippen LogP contribution in [0.25, 0.3) is 11.0 Å². The summed E-state index contributed by atoms with van der Waals surface area (Å²) in [5, 5.41) is 4.02. The Hall–Kier alpha value is -2.95. The number of hydrogen-bond donors (Lipinski definition) is 1. The molecule has 0 spiro atoms. The Morgan fingerprint density at radius 1 is 1.07 bits per heavy atom. The van der Waals surface area contributed by atoms with Crippen LogP contribution in [0.4, 0.5) is 0 Å². The Labute approximate surface area is 159 Å². The molecule has 5 nitrogen and oxygen atoms in total. The van der Waals surface area contributed by atoms with E-state index in [0.29, 0.717) is 24.5 Å². The molecule has 0 saturated heterocycles. The molecular formula is C22H25NO4. The van der Waals surface area contributed by atoms with Gasteiger partial charge >= 0.3 is 0 Å². The molecule has 3 rings (SSSR count). The van der Waals surface area contributed by atoms with Crippen molar-refractivity contribution >= 4 is 16.9 Å². The molecular weight excluding hydrogens is 342 g/mol. The Morgan fingerprint density at radius 2 is 1.85 bits per heavy atom. The minimum Gasteiger partial charge on any atom is -0.493 e. The molecule has 1 aromatic heterocycles. The van der Waals surface area contributed by atoms with Crippen LogP contribution in [0.15, 0.2) is 41.0 Å². The van der Waals surface area contributed by atoms with E-state index >= 15 is 0 Å². The van der Waals surface area contributed by atoms with E-state index in [1.54, 1.807) is 20.5 Å². The number of furan rings is 1. The lowest BCUT2D eigenvalue weighted by atomic mass is 10.0. The third kappa shape index (κ3) is 4.25. The topological polar surface area (TPSA) is 60.7 Å². The summed E-state index contributed by atoms with van der Waals surface area (Å²) in [7, 11) is 3.22. The fraction of sp³-hybridized carbons (Fsp3) is 0.318. The summed E-state index contributed by atoms with van der Waals surface area (Å²) in [6.07, 6.45) is 2.71. The minimum atomic E-state index is -0.0156. The predicted molar refractivity (Wildman–Crippen MR) is 106 cm³/mol. The lowest BCUT2D eigenvalue weighted by Gasteiger charge is -2.10. The number of fused-ring (bicyclic) bond motifs is 1. The van der Waals surface area contributed by atoms with Gasteiger partial charge in [-0.15, -0.1) is 0 Å². The van der Waals surface area contributed by atoms with E-state index < -0.39 is 0 Å². The summed E-state index contributed by atoms with van der Waals surface area (Å²) in [4.78, 5) is 12.3. The van der Waals surface area contributed by atoms with Crippen LogP contribution in [-0.4, -0.2) is 26.7 Å². The maximum atomic E-state index is 12.3. The highest BCUT2D eigenvalue weighted by Crippen LogP contribution is 2.28. The molecule has 0 radical (unpaired) electrons. The number of carbonyl (C=O) groups excluding carboxylic acids is 1. The Kier molecular flexibility index (Phi) is 5.69. The zero-order chi connectivity index (χ0) is 19.4. The number of nitrogens with one attached hydrogen (secondary N) is 1. The number of rotatable bonds is 7. The monoisotopic (exact) mass is 367 g/mol. The first kappa shape index (κ1) is 18.8. The fourth-order valence-electron chi connectivity index (χ4n) is 3.37. The van der Waals surface area contributed by atoms with Gasteiger partial charge in [0.2, 0.25) is 5.91 Å². The lowest BCUT2D eigenvalue weighted by Crippen LogP contribution is -2.27. The van der Waals surface area contributed by atoms with Gasteiger partial charge in [-0.2, -0.15) is 0 Å². The molecule has 0 aliphatic rings. The number of ether oxygens (including phenoxy) is 2. The van der Waals surface area contributed by atoms with Gasteiger partial charge in [-0.05, 0) is 55.2 Å². The normalized spacial score (nSPS) is 10.8. The van der Waals surface area contributed by atoms with Crippen molar-refractivity contribution in [2.75, 3.05) is 20.8 Å². The third-order valence-corrected chi connectivity index (χ3v) is 4.63. The van der Waals surface area contributed by atoms with Gasteiger partial charge < -0.3 is 19.2 Å². The van der Waals surface area contributed by atoms with Gasteiger partial charge in [0, 0.05) is 17.5 Å². The first-order valence-corrected chi connectivity index (χ1v) is 8.96. The number of aryl methyl sites for hydroxylation is 2. The summed E-state index contributed by atoms with van der Waals surface area (Å²) in [5.41, 5.74) is 5.12. The summed E-state index contributed by atoms with van der Waals surface area (Å²) in [6.45, 7) is 4.64. The van der Waals surface area contributed by atoms with Gasteiger partial charge in [-0.25, -0.2) is 0 Å². The van der Waals surface area contributed by atoms with Crippen LogP contribution in [0, 0.1) is 13.8 Å². The molecule has 1 N–H and O–H groups in total. The number of carbonyl (C=O) groups is 1. The Balaban J connectivity index is 1.59. The molecule has 0 bridgehead atoms. The van der Waals surface area contributed by atoms with Crippen LogP contribution in [0.2, 0.25) is 0 Å². The van der Waals surface area contributed by atoms with E-state index in [1.165, 1.54) is 0 Å². The zero-order valence-electron chi connectivity index (χ0n) is 16.2. The quantitative estimate of drug-likeness (QED) is 0.686. The van der Waals surface area contributed by atoms with Crippen LogP contribution in [0.3, 0.4) is 0 Å². The highest BCUT2D eigenvalue weighted by molar-refractivity contribution is 5.90. The molecule has 1 amide bonds. The van der Waals surface area contributed by atoms with Gasteiger partial charge in [0.1, 0.15) is 5.58 Å². The number of hydrogen-bond acceptors (Lipinski definition) is 4. The molecule has 0 aliphatic heterocycles. The van der Waals surface area contributed by atoms with Crippen molar-refractivity contribution in [3.63, 3.8) is 0 Å². The molecule has 2 aromatic carbocycles. The molecule has 3 aromatic rings. The SMILES string of the molecule is COc1ccc(CCNC(=O)Cc2coc3cc(C)cc(C)c23)cc1OC. The van der Waals surface area contributed by atoms with E-state index in [0.717, 1.165) is 39.6 Å². The van der Waals surface area contributed by atoms with Crippen molar-refractivity contribution < 1.29 is 18.7 Å². The van der Waals surface area contributed by atoms with Gasteiger partial charge in [-0.1, -0.05) is 12.1 Å². The Bertz CT molecular complexity index is 958. The van der Waals surface area contributed by atoms with Crippen molar-refractivity contribution in [3.8, 4) is 11.5 Å². The number of amides is 1. The average Bonchev–Trinajstić information content (AvgIpc) is 3.04. The molecule has 5 heteroatoms. The summed E-state index contributed by atoms with van der Waals surface area (Å²) in [5.74, 6) is 1.37. The minimum absolute atomic E-state index is 0.0156. The number of benzene rings is 2. The summed E-state index contributed by atoms with van der Waals surface area (Å²) in [6, 6.07) is 9.89. The maximum Gasteiger partial charge on any atom is 0.224 e. The predicted octanol–water partition coefficient (Wildman–Crippen LogP) is 3.97. The van der Waals surface area contributed by atoms with E-state index in [-0.39, 0.29) is 5.91 Å². The molecule has 0 fully saturated rings. The van der Waals surface area contributed by atoms with Crippen LogP contribution in [-0.2, 0) is 17.6 Å². The molecule has 0 saturated carbocycles. The van der Waals surface area contributed by atoms with Crippen molar-refractivity contribution in [2.45, 2.75) is 26.7 Å². The first-order valence-electron chi connectivity index (χ1n) is 8.96. The third-order valence-electron chi connectivity index (χ3n) is 4.63. The fourth-order valence-corrected chi connectivity index (χ4v) is 3.37. The van der Waals surface area contributed by atoms with Crippen LogP contribution < -0.4 is 14.8 Å². The highest BCUT2D eigenvalue weighted by atomic mass is 16.5. The van der Waals surface area contributed by atoms with E-state index in [1.807, 2.05) is 38.1 Å². The van der Waals surface area contributed by atoms with E-state index in [4.69, 9.17) is 13.9 Å². The molecule has 142 valence electrons. The van der Waals surface area contributed by atoms with Crippen molar-refractivity contribution in [1.29, 1.82) is 0 Å². The Morgan fingerprint density at radius 3 is 2.59 bits per heavy atom. The second kappa shape index (κ2) is 8.16. The van der Waals surface area contributed by atoms with Crippen LogP contribution in [0.1, 0.15) is 22.3 Å². The van der Waals surface area contributed by atoms with Gasteiger partial charge in [-0.3, -0.25) is 4.79 Å². The molecule has 0 unspecified atom stereocenters. The van der Waals surface area contributed by atoms with Gasteiger partial charge in [0.25, 0.3) is 0 Å². The highest BCUT2D eigenvalue weighted by Gasteiger charge is 2.13. The first-order chi connectivity index (χ1) is 13.0. The smallest absolute Gasteiger partial charge is 0.224 e. The van der Waals surface area contributed by atoms with Gasteiger partial charge in [0.05, 0.1) is 26.9 Å². The van der Waals surface area contributed by atoms with Crippen molar-refractivity contribution in [3.05, 3.63) is 58.8 Å². The lowest BCUT2D eigenvalue weighted by molar-refractivity contribution is -0.120. The van der Waals surface area contributed by atoms with Crippen LogP contribution in [0.5, 0.6) is 11.5 Å². The average molecular weight is 367 g/mol.